The molecule has 1 N–H and O–H groups in total. The fourth-order valence-corrected chi connectivity index (χ4v) is 8.94. The van der Waals surface area contributed by atoms with Crippen molar-refractivity contribution in [3.8, 4) is 0 Å². The average Bonchev–Trinajstić information content (AvgIpc) is 3.01. The highest BCUT2D eigenvalue weighted by molar-refractivity contribution is 5.72. The third-order valence-electron chi connectivity index (χ3n) is 11.2. The van der Waals surface area contributed by atoms with Crippen LogP contribution >= 0.6 is 0 Å². The van der Waals surface area contributed by atoms with E-state index in [2.05, 4.69) is 6.58 Å². The lowest BCUT2D eigenvalue weighted by Gasteiger charge is -2.61. The van der Waals surface area contributed by atoms with Crippen LogP contribution < -0.4 is 0 Å². The molecule has 0 spiro atoms. The lowest BCUT2D eigenvalue weighted by atomic mass is 9.48. The van der Waals surface area contributed by atoms with Gasteiger partial charge in [0.1, 0.15) is 18.3 Å². The molecule has 2 saturated carbocycles. The number of hydrogen-bond donors (Lipinski definition) is 1. The summed E-state index contributed by atoms with van der Waals surface area (Å²) >= 11 is 0. The molecule has 0 aliphatic heterocycles. The standard InChI is InChI=1S/C39H53NO11/c1-20-30(51-32(45)18-28(40(10)11)26-15-13-12-14-16-26)19-31(48-23(4)42)39(9)33(20)35(46)27-17-29(47-22(3)41)21(2)34(38(27,7)8)36(49-24(5)43)37(39)50-25(6)44/h12-16,27-31,33,35-37,46H,1,17-19H2,2-11H3/t27-,28-,29+,30+,31+,33+,35-,36-,37+,39+/m1/s1. The van der Waals surface area contributed by atoms with Gasteiger partial charge in [-0.05, 0) is 61.1 Å². The van der Waals surface area contributed by atoms with Gasteiger partial charge >= 0.3 is 29.8 Å². The van der Waals surface area contributed by atoms with E-state index in [0.717, 1.165) is 5.56 Å². The molecular weight excluding hydrogens is 658 g/mol. The SMILES string of the molecule is C=C1[C@@H](OC(=O)C[C@H](c2ccccc2)N(C)C)C[C@H](OC(C)=O)[C@]2(C)[C@@H](OC(C)=O)[C@H](OC(C)=O)C3=C(C)[C@@H](OC(C)=O)C[C@H]([C@@H](O)[C@H]12)C3(C)C. The normalized spacial score (nSPS) is 32.0. The molecule has 0 amide bonds. The topological polar surface area (TPSA) is 155 Å². The highest BCUT2D eigenvalue weighted by atomic mass is 16.6. The number of carbonyl (C=O) groups excluding carboxylic acids is 5. The second kappa shape index (κ2) is 15.3. The number of benzene rings is 1. The largest absolute Gasteiger partial charge is 0.462 e. The van der Waals surface area contributed by atoms with Crippen LogP contribution in [0.25, 0.3) is 0 Å². The zero-order valence-electron chi connectivity index (χ0n) is 31.4. The van der Waals surface area contributed by atoms with Gasteiger partial charge < -0.3 is 33.7 Å². The van der Waals surface area contributed by atoms with E-state index in [4.69, 9.17) is 23.7 Å². The summed E-state index contributed by atoms with van der Waals surface area (Å²) in [6, 6.07) is 9.24. The Hall–Kier alpha value is -4.03. The Morgan fingerprint density at radius 3 is 1.94 bits per heavy atom. The lowest BCUT2D eigenvalue weighted by molar-refractivity contribution is -0.226. The molecule has 0 aromatic heterocycles. The second-order valence-electron chi connectivity index (χ2n) is 15.1. The summed E-state index contributed by atoms with van der Waals surface area (Å²) in [7, 11) is 3.73. The van der Waals surface area contributed by atoms with E-state index in [-0.39, 0.29) is 25.3 Å². The van der Waals surface area contributed by atoms with Gasteiger partial charge in [0.25, 0.3) is 0 Å². The number of aliphatic hydroxyl groups excluding tert-OH is 1. The van der Waals surface area contributed by atoms with Crippen LogP contribution in [0.4, 0.5) is 0 Å². The van der Waals surface area contributed by atoms with Crippen LogP contribution in [0.15, 0.2) is 53.6 Å². The fourth-order valence-electron chi connectivity index (χ4n) is 8.94. The minimum atomic E-state index is -1.46. The first kappa shape index (κ1) is 39.8. The molecule has 3 aliphatic carbocycles. The third-order valence-corrected chi connectivity index (χ3v) is 11.2. The first-order valence-electron chi connectivity index (χ1n) is 17.4. The van der Waals surface area contributed by atoms with E-state index < -0.39 is 89.1 Å². The first-order valence-corrected chi connectivity index (χ1v) is 17.4. The summed E-state index contributed by atoms with van der Waals surface area (Å²) in [5, 5.41) is 12.7. The molecule has 0 unspecified atom stereocenters. The van der Waals surface area contributed by atoms with Gasteiger partial charge in [-0.15, -0.1) is 0 Å². The number of carbonyl (C=O) groups is 5. The number of fused-ring (bicyclic) bond motifs is 3. The Labute approximate surface area is 300 Å². The molecule has 1 aromatic carbocycles. The summed E-state index contributed by atoms with van der Waals surface area (Å²) in [6.07, 6.45) is -6.59. The van der Waals surface area contributed by atoms with Crippen molar-refractivity contribution in [2.24, 2.45) is 22.7 Å². The number of rotatable bonds is 9. The lowest BCUT2D eigenvalue weighted by Crippen LogP contribution is -2.68. The van der Waals surface area contributed by atoms with Crippen molar-refractivity contribution in [1.29, 1.82) is 0 Å². The third kappa shape index (κ3) is 7.91. The van der Waals surface area contributed by atoms with Crippen LogP contribution in [0.1, 0.15) is 86.3 Å². The van der Waals surface area contributed by atoms with E-state index in [1.54, 1.807) is 13.8 Å². The van der Waals surface area contributed by atoms with E-state index >= 15 is 0 Å². The fraction of sp³-hybridized carbons (Fsp3) is 0.615. The van der Waals surface area contributed by atoms with Gasteiger partial charge in [-0.25, -0.2) is 0 Å². The first-order chi connectivity index (χ1) is 23.7. The maximum absolute atomic E-state index is 13.7. The van der Waals surface area contributed by atoms with Crippen molar-refractivity contribution in [3.63, 3.8) is 0 Å². The zero-order valence-corrected chi connectivity index (χ0v) is 31.4. The number of hydrogen-bond acceptors (Lipinski definition) is 12. The predicted octanol–water partition coefficient (Wildman–Crippen LogP) is 4.64. The highest BCUT2D eigenvalue weighted by Crippen LogP contribution is 2.61. The van der Waals surface area contributed by atoms with Crippen LogP contribution in [0, 0.1) is 22.7 Å². The van der Waals surface area contributed by atoms with Crippen molar-refractivity contribution in [1.82, 2.24) is 4.90 Å². The van der Waals surface area contributed by atoms with Crippen molar-refractivity contribution in [3.05, 3.63) is 59.2 Å². The maximum Gasteiger partial charge on any atom is 0.308 e. The minimum Gasteiger partial charge on any atom is -0.462 e. The summed E-state index contributed by atoms with van der Waals surface area (Å²) < 4.78 is 30.1. The minimum absolute atomic E-state index is 0.00125. The number of ether oxygens (including phenoxy) is 5. The molecule has 4 rings (SSSR count). The Morgan fingerprint density at radius 2 is 1.41 bits per heavy atom. The smallest absolute Gasteiger partial charge is 0.308 e. The zero-order chi connectivity index (χ0) is 38.2. The van der Waals surface area contributed by atoms with Crippen LogP contribution in [0.5, 0.6) is 0 Å². The van der Waals surface area contributed by atoms with Crippen LogP contribution in [-0.2, 0) is 47.7 Å². The monoisotopic (exact) mass is 711 g/mol. The Bertz CT molecular complexity index is 1570. The molecule has 0 saturated heterocycles. The molecule has 2 fully saturated rings. The summed E-state index contributed by atoms with van der Waals surface area (Å²) in [6.45, 7) is 16.6. The van der Waals surface area contributed by atoms with Crippen LogP contribution in [0.3, 0.4) is 0 Å². The van der Waals surface area contributed by atoms with Crippen molar-refractivity contribution in [2.45, 2.75) is 117 Å². The molecule has 10 atom stereocenters. The maximum atomic E-state index is 13.7. The molecule has 2 bridgehead atoms. The predicted molar refractivity (Wildman–Crippen MR) is 186 cm³/mol. The van der Waals surface area contributed by atoms with Gasteiger partial charge in [-0.2, -0.15) is 0 Å². The molecular formula is C39H53NO11. The van der Waals surface area contributed by atoms with Crippen LogP contribution in [0.2, 0.25) is 0 Å². The van der Waals surface area contributed by atoms with Crippen molar-refractivity contribution in [2.75, 3.05) is 14.1 Å². The number of esters is 5. The van der Waals surface area contributed by atoms with Gasteiger partial charge in [0, 0.05) is 46.1 Å². The molecule has 12 nitrogen and oxygen atoms in total. The Morgan fingerprint density at radius 1 is 0.843 bits per heavy atom. The van der Waals surface area contributed by atoms with Gasteiger partial charge in [0.05, 0.1) is 17.9 Å². The molecule has 3 aliphatic rings. The molecule has 51 heavy (non-hydrogen) atoms. The average molecular weight is 712 g/mol. The number of nitrogens with zero attached hydrogens (tertiary/aromatic N) is 1. The van der Waals surface area contributed by atoms with E-state index in [0.29, 0.717) is 16.7 Å². The highest BCUT2D eigenvalue weighted by Gasteiger charge is 2.67. The quantitative estimate of drug-likeness (QED) is 0.216. The molecule has 0 radical (unpaired) electrons. The van der Waals surface area contributed by atoms with Crippen LogP contribution in [-0.4, -0.2) is 90.6 Å². The summed E-state index contributed by atoms with van der Waals surface area (Å²) in [4.78, 5) is 66.5. The van der Waals surface area contributed by atoms with Gasteiger partial charge in [0.2, 0.25) is 0 Å². The number of aliphatic hydroxyl groups is 1. The van der Waals surface area contributed by atoms with Crippen molar-refractivity contribution >= 4 is 29.8 Å². The van der Waals surface area contributed by atoms with E-state index in [1.165, 1.54) is 27.7 Å². The van der Waals surface area contributed by atoms with E-state index in [1.807, 2.05) is 63.2 Å². The van der Waals surface area contributed by atoms with Crippen molar-refractivity contribution < 1.29 is 52.8 Å². The molecule has 12 heteroatoms. The van der Waals surface area contributed by atoms with Gasteiger partial charge in [-0.1, -0.05) is 57.7 Å². The Kier molecular flexibility index (Phi) is 11.9. The molecule has 0 heterocycles. The summed E-state index contributed by atoms with van der Waals surface area (Å²) in [5.41, 5.74) is 0.0162. The second-order valence-corrected chi connectivity index (χ2v) is 15.1. The Balaban J connectivity index is 1.91. The summed E-state index contributed by atoms with van der Waals surface area (Å²) in [5.74, 6) is -4.76. The molecule has 1 aromatic rings. The van der Waals surface area contributed by atoms with Gasteiger partial charge in [-0.3, -0.25) is 24.0 Å². The van der Waals surface area contributed by atoms with Gasteiger partial charge in [0.15, 0.2) is 12.2 Å². The van der Waals surface area contributed by atoms with E-state index in [9.17, 15) is 29.1 Å². The molecule has 280 valence electrons.